The van der Waals surface area contributed by atoms with Crippen molar-refractivity contribution in [2.75, 3.05) is 19.1 Å². The first-order valence-corrected chi connectivity index (χ1v) is 11.7. The van der Waals surface area contributed by atoms with Gasteiger partial charge in [-0.15, -0.1) is 16.7 Å². The molecule has 1 aromatic heterocycles. The molecule has 9 heteroatoms. The van der Waals surface area contributed by atoms with Gasteiger partial charge in [-0.05, 0) is 42.3 Å². The van der Waals surface area contributed by atoms with Crippen molar-refractivity contribution in [2.24, 2.45) is 0 Å². The molecular formula is C25H32ClN3O5. The molecule has 3 aromatic rings. The number of aromatic nitrogens is 3. The van der Waals surface area contributed by atoms with E-state index >= 15 is 0 Å². The van der Waals surface area contributed by atoms with E-state index in [0.717, 1.165) is 11.1 Å². The first kappa shape index (κ1) is 26.0. The van der Waals surface area contributed by atoms with Crippen molar-refractivity contribution in [2.45, 2.75) is 51.5 Å². The second kappa shape index (κ2) is 11.7. The summed E-state index contributed by atoms with van der Waals surface area (Å²) in [6, 6.07) is 15.6. The smallest absolute Gasteiger partial charge is 0.119 e. The molecule has 0 saturated heterocycles. The molecule has 0 unspecified atom stereocenters. The van der Waals surface area contributed by atoms with Crippen molar-refractivity contribution >= 4 is 11.6 Å². The summed E-state index contributed by atoms with van der Waals surface area (Å²) in [4.78, 5) is 0. The molecule has 0 fully saturated rings. The average Bonchev–Trinajstić information content (AvgIpc) is 3.20. The largest absolute Gasteiger partial charge is 0.491 e. The molecule has 0 spiro atoms. The van der Waals surface area contributed by atoms with Crippen molar-refractivity contribution in [1.29, 1.82) is 0 Å². The zero-order valence-electron chi connectivity index (χ0n) is 19.7. The molecular weight excluding hydrogens is 458 g/mol. The molecule has 184 valence electrons. The van der Waals surface area contributed by atoms with Crippen LogP contribution in [-0.4, -0.2) is 61.6 Å². The second-order valence-electron chi connectivity index (χ2n) is 8.72. The van der Waals surface area contributed by atoms with E-state index in [4.69, 9.17) is 21.1 Å². The van der Waals surface area contributed by atoms with Gasteiger partial charge < -0.3 is 24.8 Å². The monoisotopic (exact) mass is 489 g/mol. The van der Waals surface area contributed by atoms with E-state index in [1.165, 1.54) is 4.68 Å². The maximum absolute atomic E-state index is 10.3. The third-order valence-corrected chi connectivity index (χ3v) is 6.14. The molecule has 0 amide bonds. The number of aliphatic hydroxyl groups is 3. The van der Waals surface area contributed by atoms with Gasteiger partial charge in [0, 0.05) is 5.41 Å². The summed E-state index contributed by atoms with van der Waals surface area (Å²) in [5, 5.41) is 37.1. The summed E-state index contributed by atoms with van der Waals surface area (Å²) < 4.78 is 12.8. The number of ether oxygens (including phenoxy) is 2. The number of rotatable bonds is 12. The summed E-state index contributed by atoms with van der Waals surface area (Å²) in [5.74, 6) is 1.46. The number of benzene rings is 2. The maximum Gasteiger partial charge on any atom is 0.119 e. The Balaban J connectivity index is 1.57. The van der Waals surface area contributed by atoms with Crippen LogP contribution in [0.2, 0.25) is 0 Å². The van der Waals surface area contributed by atoms with Crippen molar-refractivity contribution in [3.05, 3.63) is 71.0 Å². The molecule has 34 heavy (non-hydrogen) atoms. The van der Waals surface area contributed by atoms with Crippen LogP contribution in [-0.2, 0) is 18.6 Å². The molecule has 3 rings (SSSR count). The van der Waals surface area contributed by atoms with Gasteiger partial charge in [-0.1, -0.05) is 43.3 Å². The topological polar surface area (TPSA) is 110 Å². The highest BCUT2D eigenvalue weighted by Crippen LogP contribution is 2.33. The van der Waals surface area contributed by atoms with Crippen LogP contribution in [0.25, 0.3) is 0 Å². The standard InChI is InChI=1S/C25H32ClN3O5/c1-17-24(14-30)29(28-27-17)13-21(32)16-34-23-10-6-19(7-11-23)25(2,3)18-4-8-22(9-5-18)33-15-20(31)12-26/h4-11,20-21,30-32H,12-16H2,1-3H3/t20-,21+/m0/s1. The minimum absolute atomic E-state index is 0.0897. The summed E-state index contributed by atoms with van der Waals surface area (Å²) >= 11 is 5.60. The first-order chi connectivity index (χ1) is 16.2. The molecule has 0 radical (unpaired) electrons. The Morgan fingerprint density at radius 1 is 0.912 bits per heavy atom. The number of hydrogen-bond acceptors (Lipinski definition) is 7. The van der Waals surface area contributed by atoms with Gasteiger partial charge in [0.1, 0.15) is 36.9 Å². The third-order valence-electron chi connectivity index (χ3n) is 5.78. The Kier molecular flexibility index (Phi) is 8.90. The quantitative estimate of drug-likeness (QED) is 0.335. The van der Waals surface area contributed by atoms with E-state index in [1.54, 1.807) is 6.92 Å². The Hall–Kier alpha value is -2.65. The molecule has 2 atom stereocenters. The van der Waals surface area contributed by atoms with Crippen LogP contribution >= 0.6 is 11.6 Å². The van der Waals surface area contributed by atoms with Crippen molar-refractivity contribution in [3.63, 3.8) is 0 Å². The van der Waals surface area contributed by atoms with Gasteiger partial charge in [-0.25, -0.2) is 4.68 Å². The highest BCUT2D eigenvalue weighted by atomic mass is 35.5. The molecule has 0 saturated carbocycles. The number of aryl methyl sites for hydroxylation is 1. The van der Waals surface area contributed by atoms with E-state index < -0.39 is 12.2 Å². The predicted molar refractivity (Wildman–Crippen MR) is 129 cm³/mol. The molecule has 8 nitrogen and oxygen atoms in total. The number of hydrogen-bond donors (Lipinski definition) is 3. The first-order valence-electron chi connectivity index (χ1n) is 11.1. The van der Waals surface area contributed by atoms with E-state index in [-0.39, 0.29) is 37.7 Å². The fourth-order valence-corrected chi connectivity index (χ4v) is 3.64. The minimum atomic E-state index is -0.797. The van der Waals surface area contributed by atoms with Gasteiger partial charge in [0.05, 0.1) is 30.4 Å². The highest BCUT2D eigenvalue weighted by molar-refractivity contribution is 6.18. The van der Waals surface area contributed by atoms with E-state index in [0.29, 0.717) is 22.9 Å². The minimum Gasteiger partial charge on any atom is -0.491 e. The lowest BCUT2D eigenvalue weighted by molar-refractivity contribution is 0.0866. The Morgan fingerprint density at radius 3 is 1.88 bits per heavy atom. The van der Waals surface area contributed by atoms with Gasteiger partial charge in [0.2, 0.25) is 0 Å². The molecule has 1 heterocycles. The van der Waals surface area contributed by atoms with Crippen LogP contribution in [0.15, 0.2) is 48.5 Å². The fourth-order valence-electron chi connectivity index (χ4n) is 3.55. The van der Waals surface area contributed by atoms with Crippen LogP contribution in [0.4, 0.5) is 0 Å². The summed E-state index contributed by atoms with van der Waals surface area (Å²) in [6.07, 6.45) is -1.49. The van der Waals surface area contributed by atoms with Crippen molar-refractivity contribution in [1.82, 2.24) is 15.0 Å². The lowest BCUT2D eigenvalue weighted by atomic mass is 9.78. The molecule has 3 N–H and O–H groups in total. The third kappa shape index (κ3) is 6.48. The van der Waals surface area contributed by atoms with Crippen molar-refractivity contribution < 1.29 is 24.8 Å². The predicted octanol–water partition coefficient (Wildman–Crippen LogP) is 2.82. The second-order valence-corrected chi connectivity index (χ2v) is 9.03. The van der Waals surface area contributed by atoms with E-state index in [2.05, 4.69) is 24.2 Å². The zero-order chi connectivity index (χ0) is 24.7. The Bertz CT molecular complexity index is 1040. The molecule has 2 aromatic carbocycles. The number of alkyl halides is 1. The van der Waals surface area contributed by atoms with Gasteiger partial charge >= 0.3 is 0 Å². The van der Waals surface area contributed by atoms with Crippen molar-refractivity contribution in [3.8, 4) is 11.5 Å². The Morgan fingerprint density at radius 2 is 1.41 bits per heavy atom. The van der Waals surface area contributed by atoms with Gasteiger partial charge in [-0.3, -0.25) is 0 Å². The van der Waals surface area contributed by atoms with Crippen LogP contribution < -0.4 is 9.47 Å². The molecule has 0 bridgehead atoms. The highest BCUT2D eigenvalue weighted by Gasteiger charge is 2.23. The maximum atomic E-state index is 10.3. The normalized spacial score (nSPS) is 13.5. The SMILES string of the molecule is Cc1nnn(C[C@@H](O)COc2ccc(C(C)(C)c3ccc(OC[C@@H](O)CCl)cc3)cc2)c1CO. The average molecular weight is 490 g/mol. The van der Waals surface area contributed by atoms with Crippen LogP contribution in [0.3, 0.4) is 0 Å². The lowest BCUT2D eigenvalue weighted by Gasteiger charge is -2.26. The van der Waals surface area contributed by atoms with E-state index in [1.807, 2.05) is 48.5 Å². The molecule has 0 aliphatic carbocycles. The Labute approximate surface area is 204 Å². The zero-order valence-corrected chi connectivity index (χ0v) is 20.4. The van der Waals surface area contributed by atoms with Gasteiger partial charge in [0.15, 0.2) is 0 Å². The molecule has 0 aliphatic rings. The van der Waals surface area contributed by atoms with Crippen LogP contribution in [0.1, 0.15) is 36.4 Å². The number of nitrogens with zero attached hydrogens (tertiary/aromatic N) is 3. The van der Waals surface area contributed by atoms with Gasteiger partial charge in [-0.2, -0.15) is 0 Å². The van der Waals surface area contributed by atoms with Crippen LogP contribution in [0.5, 0.6) is 11.5 Å². The summed E-state index contributed by atoms with van der Waals surface area (Å²) in [6.45, 7) is 6.29. The molecule has 0 aliphatic heterocycles. The number of aliphatic hydroxyl groups excluding tert-OH is 3. The van der Waals surface area contributed by atoms with E-state index in [9.17, 15) is 15.3 Å². The number of halogens is 1. The summed E-state index contributed by atoms with van der Waals surface area (Å²) in [7, 11) is 0. The summed E-state index contributed by atoms with van der Waals surface area (Å²) in [5.41, 5.74) is 3.19. The van der Waals surface area contributed by atoms with Gasteiger partial charge in [0.25, 0.3) is 0 Å². The fraction of sp³-hybridized carbons (Fsp3) is 0.440. The lowest BCUT2D eigenvalue weighted by Crippen LogP contribution is -2.25. The van der Waals surface area contributed by atoms with Crippen LogP contribution in [0, 0.1) is 6.92 Å².